The second kappa shape index (κ2) is 5.12. The number of carbonyl (C=O) groups excluding carboxylic acids is 2. The smallest absolute Gasteiger partial charge is 0.242 e. The molecule has 2 heterocycles. The Kier molecular flexibility index (Phi) is 3.48. The molecule has 2 amide bonds. The second-order valence-corrected chi connectivity index (χ2v) is 6.10. The van der Waals surface area contributed by atoms with Gasteiger partial charge < -0.3 is 15.5 Å². The Balaban J connectivity index is 1.65. The molecule has 0 aromatic carbocycles. The highest BCUT2D eigenvalue weighted by atomic mass is 16.2. The summed E-state index contributed by atoms with van der Waals surface area (Å²) in [6, 6.07) is 0.128. The van der Waals surface area contributed by atoms with Gasteiger partial charge in [0.2, 0.25) is 11.8 Å². The Bertz CT molecular complexity index is 371. The molecule has 2 N–H and O–H groups in total. The van der Waals surface area contributed by atoms with E-state index in [1.54, 1.807) is 4.90 Å². The fraction of sp³-hybridized carbons (Fsp3) is 0.857. The number of carbonyl (C=O) groups is 2. The van der Waals surface area contributed by atoms with Gasteiger partial charge in [-0.05, 0) is 32.1 Å². The van der Waals surface area contributed by atoms with E-state index in [1.165, 1.54) is 25.7 Å². The minimum atomic E-state index is -0.328. The SMILES string of the molecule is CC1C(=O)NCCN1C(=O)C1CC2CCCCC2N1. The van der Waals surface area contributed by atoms with Crippen LogP contribution in [-0.4, -0.2) is 47.9 Å². The third kappa shape index (κ3) is 2.36. The van der Waals surface area contributed by atoms with Crippen molar-refractivity contribution >= 4 is 11.8 Å². The zero-order valence-electron chi connectivity index (χ0n) is 11.5. The number of amides is 2. The van der Waals surface area contributed by atoms with Crippen molar-refractivity contribution in [2.75, 3.05) is 13.1 Å². The van der Waals surface area contributed by atoms with Crippen LogP contribution in [0.1, 0.15) is 39.0 Å². The van der Waals surface area contributed by atoms with Crippen LogP contribution >= 0.6 is 0 Å². The predicted octanol–water partition coefficient (Wildman–Crippen LogP) is 0.254. The Hall–Kier alpha value is -1.10. The zero-order chi connectivity index (χ0) is 13.4. The van der Waals surface area contributed by atoms with Crippen LogP contribution in [-0.2, 0) is 9.59 Å². The first-order valence-corrected chi connectivity index (χ1v) is 7.51. The summed E-state index contributed by atoms with van der Waals surface area (Å²) in [4.78, 5) is 26.0. The van der Waals surface area contributed by atoms with Gasteiger partial charge in [0.1, 0.15) is 6.04 Å². The summed E-state index contributed by atoms with van der Waals surface area (Å²) in [6.07, 6.45) is 5.97. The molecule has 2 saturated heterocycles. The van der Waals surface area contributed by atoms with E-state index in [0.29, 0.717) is 25.0 Å². The van der Waals surface area contributed by atoms with E-state index in [0.717, 1.165) is 6.42 Å². The van der Waals surface area contributed by atoms with E-state index >= 15 is 0 Å². The fourth-order valence-electron chi connectivity index (χ4n) is 3.79. The van der Waals surface area contributed by atoms with E-state index in [9.17, 15) is 9.59 Å². The molecule has 106 valence electrons. The van der Waals surface area contributed by atoms with Crippen LogP contribution in [0.3, 0.4) is 0 Å². The first-order valence-electron chi connectivity index (χ1n) is 7.51. The number of hydrogen-bond acceptors (Lipinski definition) is 3. The molecular formula is C14H23N3O2. The monoisotopic (exact) mass is 265 g/mol. The first kappa shape index (κ1) is 12.9. The molecule has 0 aromatic heterocycles. The van der Waals surface area contributed by atoms with Gasteiger partial charge in [-0.1, -0.05) is 12.8 Å². The van der Waals surface area contributed by atoms with Crippen molar-refractivity contribution in [2.45, 2.75) is 57.2 Å². The fourth-order valence-corrected chi connectivity index (χ4v) is 3.79. The minimum absolute atomic E-state index is 0.0324. The summed E-state index contributed by atoms with van der Waals surface area (Å²) in [6.45, 7) is 3.03. The molecule has 0 radical (unpaired) electrons. The molecular weight excluding hydrogens is 242 g/mol. The Labute approximate surface area is 114 Å². The number of nitrogens with one attached hydrogen (secondary N) is 2. The molecule has 3 rings (SSSR count). The van der Waals surface area contributed by atoms with E-state index in [4.69, 9.17) is 0 Å². The zero-order valence-corrected chi connectivity index (χ0v) is 11.5. The lowest BCUT2D eigenvalue weighted by Crippen LogP contribution is -2.59. The van der Waals surface area contributed by atoms with Gasteiger partial charge in [0, 0.05) is 19.1 Å². The van der Waals surface area contributed by atoms with E-state index in [2.05, 4.69) is 10.6 Å². The summed E-state index contributed by atoms with van der Waals surface area (Å²) in [5, 5.41) is 6.31. The molecule has 3 fully saturated rings. The number of nitrogens with zero attached hydrogens (tertiary/aromatic N) is 1. The van der Waals surface area contributed by atoms with Crippen molar-refractivity contribution in [3.05, 3.63) is 0 Å². The maximum Gasteiger partial charge on any atom is 0.242 e. The first-order chi connectivity index (χ1) is 9.16. The van der Waals surface area contributed by atoms with Crippen molar-refractivity contribution in [1.82, 2.24) is 15.5 Å². The highest BCUT2D eigenvalue weighted by Crippen LogP contribution is 2.33. The lowest BCUT2D eigenvalue weighted by Gasteiger charge is -2.34. The third-order valence-electron chi connectivity index (χ3n) is 4.94. The highest BCUT2D eigenvalue weighted by Gasteiger charge is 2.41. The van der Waals surface area contributed by atoms with Crippen molar-refractivity contribution in [3.8, 4) is 0 Å². The van der Waals surface area contributed by atoms with Gasteiger partial charge in [0.05, 0.1) is 6.04 Å². The molecule has 0 bridgehead atoms. The predicted molar refractivity (Wildman–Crippen MR) is 71.5 cm³/mol. The normalized spacial score (nSPS) is 38.8. The third-order valence-corrected chi connectivity index (χ3v) is 4.94. The van der Waals surface area contributed by atoms with Gasteiger partial charge in [0.15, 0.2) is 0 Å². The molecule has 4 unspecified atom stereocenters. The minimum Gasteiger partial charge on any atom is -0.353 e. The Morgan fingerprint density at radius 2 is 2.11 bits per heavy atom. The molecule has 3 aliphatic rings. The summed E-state index contributed by atoms with van der Waals surface area (Å²) in [5.74, 6) is 0.753. The Morgan fingerprint density at radius 3 is 2.89 bits per heavy atom. The molecule has 0 spiro atoms. The van der Waals surface area contributed by atoms with Crippen LogP contribution in [0.15, 0.2) is 0 Å². The van der Waals surface area contributed by atoms with Gasteiger partial charge in [0.25, 0.3) is 0 Å². The molecule has 1 saturated carbocycles. The maximum absolute atomic E-state index is 12.6. The number of fused-ring (bicyclic) bond motifs is 1. The van der Waals surface area contributed by atoms with E-state index in [1.807, 2.05) is 6.92 Å². The number of piperazine rings is 1. The van der Waals surface area contributed by atoms with Crippen LogP contribution in [0.2, 0.25) is 0 Å². The van der Waals surface area contributed by atoms with Gasteiger partial charge in [-0.15, -0.1) is 0 Å². The van der Waals surface area contributed by atoms with Crippen molar-refractivity contribution in [3.63, 3.8) is 0 Å². The van der Waals surface area contributed by atoms with Crippen molar-refractivity contribution < 1.29 is 9.59 Å². The Morgan fingerprint density at radius 1 is 1.32 bits per heavy atom. The maximum atomic E-state index is 12.6. The van der Waals surface area contributed by atoms with E-state index < -0.39 is 0 Å². The molecule has 19 heavy (non-hydrogen) atoms. The van der Waals surface area contributed by atoms with Crippen LogP contribution in [0.4, 0.5) is 0 Å². The van der Waals surface area contributed by atoms with E-state index in [-0.39, 0.29) is 23.9 Å². The molecule has 4 atom stereocenters. The summed E-state index contributed by atoms with van der Waals surface area (Å²) >= 11 is 0. The largest absolute Gasteiger partial charge is 0.353 e. The molecule has 0 aromatic rings. The highest BCUT2D eigenvalue weighted by molar-refractivity contribution is 5.90. The van der Waals surface area contributed by atoms with Crippen LogP contribution in [0, 0.1) is 5.92 Å². The molecule has 5 nitrogen and oxygen atoms in total. The van der Waals surface area contributed by atoms with Gasteiger partial charge >= 0.3 is 0 Å². The van der Waals surface area contributed by atoms with Crippen LogP contribution in [0.25, 0.3) is 0 Å². The molecule has 2 aliphatic heterocycles. The summed E-state index contributed by atoms with van der Waals surface area (Å²) in [7, 11) is 0. The summed E-state index contributed by atoms with van der Waals surface area (Å²) in [5.41, 5.74) is 0. The number of rotatable bonds is 1. The summed E-state index contributed by atoms with van der Waals surface area (Å²) < 4.78 is 0. The molecule has 5 heteroatoms. The van der Waals surface area contributed by atoms with Gasteiger partial charge in [-0.25, -0.2) is 0 Å². The second-order valence-electron chi connectivity index (χ2n) is 6.10. The van der Waals surface area contributed by atoms with Crippen molar-refractivity contribution in [2.24, 2.45) is 5.92 Å². The average Bonchev–Trinajstić information content (AvgIpc) is 2.85. The quantitative estimate of drug-likeness (QED) is 0.714. The lowest BCUT2D eigenvalue weighted by atomic mass is 9.85. The lowest BCUT2D eigenvalue weighted by molar-refractivity contribution is -0.143. The van der Waals surface area contributed by atoms with Gasteiger partial charge in [-0.2, -0.15) is 0 Å². The number of hydrogen-bond donors (Lipinski definition) is 2. The van der Waals surface area contributed by atoms with Crippen molar-refractivity contribution in [1.29, 1.82) is 0 Å². The molecule has 1 aliphatic carbocycles. The average molecular weight is 265 g/mol. The standard InChI is InChI=1S/C14H23N3O2/c1-9-13(18)15-6-7-17(9)14(19)12-8-10-4-2-3-5-11(10)16-12/h9-12,16H,2-8H2,1H3,(H,15,18). The topological polar surface area (TPSA) is 61.4 Å². The van der Waals surface area contributed by atoms with Gasteiger partial charge in [-0.3, -0.25) is 9.59 Å². The van der Waals surface area contributed by atoms with Crippen LogP contribution in [0.5, 0.6) is 0 Å². The van der Waals surface area contributed by atoms with Crippen LogP contribution < -0.4 is 10.6 Å².